The molecule has 2 heteroatoms. The van der Waals surface area contributed by atoms with Gasteiger partial charge in [-0.25, -0.2) is 0 Å². The first-order valence-corrected chi connectivity index (χ1v) is 25.3. The van der Waals surface area contributed by atoms with Crippen molar-refractivity contribution in [2.75, 3.05) is 9.80 Å². The van der Waals surface area contributed by atoms with Crippen LogP contribution in [0.2, 0.25) is 0 Å². The van der Waals surface area contributed by atoms with Gasteiger partial charge < -0.3 is 9.80 Å². The molecule has 0 aromatic heterocycles. The smallest absolute Gasteiger partial charge is 0.0474 e. The molecule has 0 saturated carbocycles. The van der Waals surface area contributed by atoms with Crippen molar-refractivity contribution in [2.45, 2.75) is 51.4 Å². The third-order valence-corrected chi connectivity index (χ3v) is 14.5. The summed E-state index contributed by atoms with van der Waals surface area (Å²) in [5.41, 5.74) is 19.5. The van der Waals surface area contributed by atoms with Crippen LogP contribution in [0, 0.1) is 11.8 Å². The Balaban J connectivity index is 1.03. The highest BCUT2D eigenvalue weighted by molar-refractivity contribution is 5.90. The summed E-state index contributed by atoms with van der Waals surface area (Å²) in [4.78, 5) is 4.87. The van der Waals surface area contributed by atoms with Gasteiger partial charge in [-0.05, 0) is 160 Å². The normalized spacial score (nSPS) is 18.5. The second-order valence-electron chi connectivity index (χ2n) is 19.4. The molecule has 0 heterocycles. The van der Waals surface area contributed by atoms with Crippen molar-refractivity contribution in [1.29, 1.82) is 0 Å². The zero-order valence-corrected chi connectivity index (χ0v) is 40.3. The molecule has 342 valence electrons. The van der Waals surface area contributed by atoms with E-state index in [0.717, 1.165) is 41.3 Å². The summed E-state index contributed by atoms with van der Waals surface area (Å²) >= 11 is 0. The van der Waals surface area contributed by atoms with Gasteiger partial charge in [-0.1, -0.05) is 202 Å². The lowest BCUT2D eigenvalue weighted by atomic mass is 9.79. The van der Waals surface area contributed by atoms with Crippen LogP contribution in [0.3, 0.4) is 0 Å². The molecule has 0 radical (unpaired) electrons. The summed E-state index contributed by atoms with van der Waals surface area (Å²) in [6.07, 6.45) is 23.6. The minimum Gasteiger partial charge on any atom is -0.311 e. The van der Waals surface area contributed by atoms with Crippen LogP contribution in [0.4, 0.5) is 28.4 Å². The van der Waals surface area contributed by atoms with E-state index in [4.69, 9.17) is 0 Å². The third-order valence-electron chi connectivity index (χ3n) is 14.5. The van der Waals surface area contributed by atoms with Crippen molar-refractivity contribution in [2.24, 2.45) is 11.8 Å². The Morgan fingerprint density at radius 1 is 0.357 bits per heavy atom. The lowest BCUT2D eigenvalue weighted by Crippen LogP contribution is -2.18. The van der Waals surface area contributed by atoms with Crippen LogP contribution in [0.25, 0.3) is 39.0 Å². The molecule has 11 rings (SSSR count). The molecule has 0 spiro atoms. The van der Waals surface area contributed by atoms with Gasteiger partial charge in [0, 0.05) is 46.0 Å². The topological polar surface area (TPSA) is 6.48 Å². The van der Waals surface area contributed by atoms with Crippen LogP contribution in [0.5, 0.6) is 0 Å². The number of rotatable bonds is 12. The first-order valence-electron chi connectivity index (χ1n) is 25.3. The Morgan fingerprint density at radius 2 is 0.871 bits per heavy atom. The maximum absolute atomic E-state index is 2.48. The first kappa shape index (κ1) is 44.6. The third kappa shape index (κ3) is 9.56. The Bertz CT molecular complexity index is 3200. The van der Waals surface area contributed by atoms with Crippen molar-refractivity contribution in [1.82, 2.24) is 0 Å². The number of benzene rings is 8. The standard InChI is InChI=1S/C68H60N2/c1-49-23-27-53(28-24-49)56-35-43-64(44-36-56)70(63-41-33-55(34-42-63)52-17-9-4-10-18-52)65-47-66(57-19-11-5-12-20-57)68(67(48-65)58-29-25-50(2)26-30-58)59-37-45-62(46-38-59)69(60-21-13-6-14-22-60)61-39-31-54(32-40-61)51-15-7-3-8-16-51/h3-23,25,27,29-37,39-50,53,59H,24,26,28,38H2,1-2H3. The summed E-state index contributed by atoms with van der Waals surface area (Å²) < 4.78 is 0. The molecule has 4 unspecified atom stereocenters. The minimum atomic E-state index is 0.138. The Morgan fingerprint density at radius 3 is 1.40 bits per heavy atom. The number of nitrogens with zero attached hydrogens (tertiary/aromatic N) is 2. The Hall–Kier alpha value is -7.94. The van der Waals surface area contributed by atoms with E-state index < -0.39 is 0 Å². The van der Waals surface area contributed by atoms with Crippen molar-refractivity contribution in [3.63, 3.8) is 0 Å². The van der Waals surface area contributed by atoms with Gasteiger partial charge in [-0.15, -0.1) is 0 Å². The van der Waals surface area contributed by atoms with E-state index in [1.54, 1.807) is 0 Å². The van der Waals surface area contributed by atoms with E-state index >= 15 is 0 Å². The maximum atomic E-state index is 2.48. The number of hydrogen-bond acceptors (Lipinski definition) is 2. The quantitative estimate of drug-likeness (QED) is 0.113. The molecule has 0 bridgehead atoms. The van der Waals surface area contributed by atoms with Gasteiger partial charge in [0.1, 0.15) is 0 Å². The zero-order valence-electron chi connectivity index (χ0n) is 40.3. The second kappa shape index (κ2) is 20.3. The monoisotopic (exact) mass is 904 g/mol. The molecule has 0 amide bonds. The number of anilines is 5. The van der Waals surface area contributed by atoms with Gasteiger partial charge in [-0.2, -0.15) is 0 Å². The lowest BCUT2D eigenvalue weighted by Gasteiger charge is -2.32. The molecule has 3 aliphatic carbocycles. The molecule has 3 aliphatic rings. The van der Waals surface area contributed by atoms with E-state index in [1.807, 2.05) is 0 Å². The lowest BCUT2D eigenvalue weighted by molar-refractivity contribution is 0.545. The number of allylic oxidation sites excluding steroid dienone is 9. The van der Waals surface area contributed by atoms with Crippen LogP contribution in [-0.2, 0) is 0 Å². The predicted molar refractivity (Wildman–Crippen MR) is 298 cm³/mol. The van der Waals surface area contributed by atoms with E-state index in [-0.39, 0.29) is 5.92 Å². The summed E-state index contributed by atoms with van der Waals surface area (Å²) in [5, 5.41) is 0. The molecule has 0 N–H and O–H groups in total. The van der Waals surface area contributed by atoms with Crippen molar-refractivity contribution in [3.8, 4) is 33.4 Å². The van der Waals surface area contributed by atoms with Crippen LogP contribution >= 0.6 is 0 Å². The van der Waals surface area contributed by atoms with Gasteiger partial charge in [-0.3, -0.25) is 0 Å². The minimum absolute atomic E-state index is 0.138. The van der Waals surface area contributed by atoms with Crippen LogP contribution in [0.1, 0.15) is 68.1 Å². The predicted octanol–water partition coefficient (Wildman–Crippen LogP) is 19.0. The molecule has 8 aromatic carbocycles. The fourth-order valence-electron chi connectivity index (χ4n) is 10.6. The molecular formula is C68H60N2. The SMILES string of the molecule is CC1C=CC(c2cc(N(c3ccc(-c4ccccc4)cc3)c3ccc(C4C=CC(C)CC4)cc3)cc(-c3ccccc3)c2C2C=CC(N(c3ccccc3)c3ccc(-c4ccccc4)cc3)=CC2)=CC1. The molecule has 2 nitrogen and oxygen atoms in total. The number of hydrogen-bond donors (Lipinski definition) is 0. The van der Waals surface area contributed by atoms with E-state index in [9.17, 15) is 0 Å². The van der Waals surface area contributed by atoms with Crippen LogP contribution in [0.15, 0.2) is 261 Å². The van der Waals surface area contributed by atoms with Gasteiger partial charge in [0.05, 0.1) is 0 Å². The molecule has 4 atom stereocenters. The largest absolute Gasteiger partial charge is 0.311 e. The fourth-order valence-corrected chi connectivity index (χ4v) is 10.6. The highest BCUT2D eigenvalue weighted by Gasteiger charge is 2.27. The van der Waals surface area contributed by atoms with E-state index in [0.29, 0.717) is 17.8 Å². The van der Waals surface area contributed by atoms with E-state index in [1.165, 1.54) is 74.2 Å². The van der Waals surface area contributed by atoms with Gasteiger partial charge in [0.25, 0.3) is 0 Å². The summed E-state index contributed by atoms with van der Waals surface area (Å²) in [6.45, 7) is 4.64. The average Bonchev–Trinajstić information content (AvgIpc) is 3.43. The van der Waals surface area contributed by atoms with Crippen LogP contribution < -0.4 is 9.80 Å². The zero-order chi connectivity index (χ0) is 47.2. The first-order chi connectivity index (χ1) is 34.5. The summed E-state index contributed by atoms with van der Waals surface area (Å²) in [5.74, 6) is 1.73. The van der Waals surface area contributed by atoms with Crippen molar-refractivity contribution < 1.29 is 0 Å². The fraction of sp³-hybridized carbons (Fsp3) is 0.147. The highest BCUT2D eigenvalue weighted by atomic mass is 15.1. The Kier molecular flexibility index (Phi) is 12.9. The van der Waals surface area contributed by atoms with E-state index in [2.05, 4.69) is 279 Å². The number of para-hydroxylation sites is 1. The highest BCUT2D eigenvalue weighted by Crippen LogP contribution is 2.47. The molecular weight excluding hydrogens is 845 g/mol. The van der Waals surface area contributed by atoms with Crippen molar-refractivity contribution >= 4 is 34.0 Å². The molecule has 8 aromatic rings. The second-order valence-corrected chi connectivity index (χ2v) is 19.4. The molecule has 0 saturated heterocycles. The summed E-state index contributed by atoms with van der Waals surface area (Å²) in [6, 6.07) is 75.7. The van der Waals surface area contributed by atoms with Gasteiger partial charge >= 0.3 is 0 Å². The average molecular weight is 905 g/mol. The molecule has 70 heavy (non-hydrogen) atoms. The maximum Gasteiger partial charge on any atom is 0.0474 e. The Labute approximate surface area is 415 Å². The summed E-state index contributed by atoms with van der Waals surface area (Å²) in [7, 11) is 0. The van der Waals surface area contributed by atoms with Crippen LogP contribution in [-0.4, -0.2) is 0 Å². The molecule has 0 aliphatic heterocycles. The molecule has 0 fully saturated rings. The van der Waals surface area contributed by atoms with Gasteiger partial charge in [0.15, 0.2) is 0 Å². The van der Waals surface area contributed by atoms with Gasteiger partial charge in [0.2, 0.25) is 0 Å². The van der Waals surface area contributed by atoms with Crippen molar-refractivity contribution in [3.05, 3.63) is 277 Å².